The maximum atomic E-state index is 12.4. The minimum absolute atomic E-state index is 0. The Morgan fingerprint density at radius 3 is 2.32 bits per heavy atom. The number of nitrogens with one attached hydrogen (secondary N) is 2. The lowest BCUT2D eigenvalue weighted by Gasteiger charge is -2.17. The Bertz CT molecular complexity index is 753. The van der Waals surface area contributed by atoms with Gasteiger partial charge in [0.2, 0.25) is 5.91 Å². The third-order valence-electron chi connectivity index (χ3n) is 4.46. The Morgan fingerprint density at radius 1 is 1.07 bits per heavy atom. The van der Waals surface area contributed by atoms with Gasteiger partial charge in [-0.1, -0.05) is 12.1 Å². The van der Waals surface area contributed by atoms with E-state index in [9.17, 15) is 9.59 Å². The minimum atomic E-state index is -0.0878. The van der Waals surface area contributed by atoms with E-state index in [0.717, 1.165) is 23.7 Å². The van der Waals surface area contributed by atoms with Gasteiger partial charge in [-0.3, -0.25) is 14.6 Å². The number of hydrogen-bond donors (Lipinski definition) is 2. The zero-order valence-corrected chi connectivity index (χ0v) is 17.4. The molecule has 0 unspecified atom stereocenters. The maximum absolute atomic E-state index is 12.4. The first kappa shape index (κ1) is 23.9. The molecule has 1 heterocycles. The quantitative estimate of drug-likeness (QED) is 0.682. The number of hydrogen-bond acceptors (Lipinski definition) is 4. The van der Waals surface area contributed by atoms with Crippen molar-refractivity contribution in [2.45, 2.75) is 19.4 Å². The summed E-state index contributed by atoms with van der Waals surface area (Å²) in [4.78, 5) is 29.8. The Labute approximate surface area is 177 Å². The van der Waals surface area contributed by atoms with Crippen LogP contribution in [0.5, 0.6) is 0 Å². The standard InChI is InChI=1S/C20H24N4O2.2ClH/c1-24(20(26)17-8-10-21-11-9-17)18-6-4-16(5-7-18)13-23-19(25)14-22-12-15-2-3-15;;/h4-11,15,22H,2-3,12-14H2,1H3,(H,23,25);2*1H. The first-order valence-corrected chi connectivity index (χ1v) is 8.88. The lowest BCUT2D eigenvalue weighted by Crippen LogP contribution is -2.34. The van der Waals surface area contributed by atoms with Gasteiger partial charge in [-0.05, 0) is 55.1 Å². The summed E-state index contributed by atoms with van der Waals surface area (Å²) < 4.78 is 0. The van der Waals surface area contributed by atoms with Crippen LogP contribution in [0.25, 0.3) is 0 Å². The van der Waals surface area contributed by atoms with Crippen LogP contribution in [-0.2, 0) is 11.3 Å². The van der Waals surface area contributed by atoms with Crippen LogP contribution in [0.3, 0.4) is 0 Å². The van der Waals surface area contributed by atoms with Gasteiger partial charge >= 0.3 is 0 Å². The van der Waals surface area contributed by atoms with E-state index in [2.05, 4.69) is 15.6 Å². The van der Waals surface area contributed by atoms with Gasteiger partial charge < -0.3 is 15.5 Å². The van der Waals surface area contributed by atoms with Crippen LogP contribution in [0.4, 0.5) is 5.69 Å². The SMILES string of the molecule is CN(C(=O)c1ccncc1)c1ccc(CNC(=O)CNCC2CC2)cc1.Cl.Cl. The number of amides is 2. The molecular weight excluding hydrogens is 399 g/mol. The molecule has 1 aliphatic rings. The molecule has 1 aliphatic carbocycles. The molecule has 0 radical (unpaired) electrons. The van der Waals surface area contributed by atoms with Crippen molar-refractivity contribution in [3.63, 3.8) is 0 Å². The molecule has 1 fully saturated rings. The number of halogens is 2. The highest BCUT2D eigenvalue weighted by atomic mass is 35.5. The number of pyridine rings is 1. The minimum Gasteiger partial charge on any atom is -0.351 e. The summed E-state index contributed by atoms with van der Waals surface area (Å²) in [5, 5.41) is 6.08. The van der Waals surface area contributed by atoms with Gasteiger partial charge in [-0.25, -0.2) is 0 Å². The fourth-order valence-electron chi connectivity index (χ4n) is 2.62. The smallest absolute Gasteiger partial charge is 0.258 e. The van der Waals surface area contributed by atoms with Crippen LogP contribution < -0.4 is 15.5 Å². The van der Waals surface area contributed by atoms with Crippen molar-refractivity contribution in [3.8, 4) is 0 Å². The molecule has 6 nitrogen and oxygen atoms in total. The summed E-state index contributed by atoms with van der Waals surface area (Å²) >= 11 is 0. The number of benzene rings is 1. The maximum Gasteiger partial charge on any atom is 0.258 e. The topological polar surface area (TPSA) is 74.3 Å². The number of aromatic nitrogens is 1. The lowest BCUT2D eigenvalue weighted by molar-refractivity contribution is -0.120. The second-order valence-electron chi connectivity index (χ2n) is 6.62. The number of nitrogens with zero attached hydrogens (tertiary/aromatic N) is 2. The van der Waals surface area contributed by atoms with Crippen molar-refractivity contribution in [2.75, 3.05) is 25.0 Å². The van der Waals surface area contributed by atoms with Crippen LogP contribution in [-0.4, -0.2) is 36.9 Å². The van der Waals surface area contributed by atoms with E-state index in [1.165, 1.54) is 12.8 Å². The largest absolute Gasteiger partial charge is 0.351 e. The second-order valence-corrected chi connectivity index (χ2v) is 6.62. The van der Waals surface area contributed by atoms with E-state index in [-0.39, 0.29) is 36.6 Å². The molecule has 2 N–H and O–H groups in total. The first-order chi connectivity index (χ1) is 12.6. The third kappa shape index (κ3) is 7.11. The van der Waals surface area contributed by atoms with E-state index in [4.69, 9.17) is 0 Å². The summed E-state index contributed by atoms with van der Waals surface area (Å²) in [7, 11) is 1.74. The van der Waals surface area contributed by atoms with E-state index in [0.29, 0.717) is 18.7 Å². The Kier molecular flexibility index (Phi) is 9.93. The summed E-state index contributed by atoms with van der Waals surface area (Å²) in [6.45, 7) is 1.77. The number of anilines is 1. The van der Waals surface area contributed by atoms with Gasteiger partial charge in [0.1, 0.15) is 0 Å². The molecule has 28 heavy (non-hydrogen) atoms. The van der Waals surface area contributed by atoms with E-state index < -0.39 is 0 Å². The predicted octanol–water partition coefficient (Wildman–Crippen LogP) is 2.82. The van der Waals surface area contributed by atoms with Gasteiger partial charge in [-0.15, -0.1) is 24.8 Å². The number of carbonyl (C=O) groups is 2. The van der Waals surface area contributed by atoms with Crippen molar-refractivity contribution < 1.29 is 9.59 Å². The number of carbonyl (C=O) groups excluding carboxylic acids is 2. The lowest BCUT2D eigenvalue weighted by atomic mass is 10.1. The summed E-state index contributed by atoms with van der Waals surface area (Å²) in [5.74, 6) is 0.678. The predicted molar refractivity (Wildman–Crippen MR) is 115 cm³/mol. The van der Waals surface area contributed by atoms with Crippen molar-refractivity contribution in [1.82, 2.24) is 15.6 Å². The van der Waals surface area contributed by atoms with Crippen molar-refractivity contribution in [1.29, 1.82) is 0 Å². The molecule has 3 rings (SSSR count). The third-order valence-corrected chi connectivity index (χ3v) is 4.46. The molecule has 0 atom stereocenters. The molecule has 2 aromatic rings. The zero-order valence-electron chi connectivity index (χ0n) is 15.8. The average molecular weight is 425 g/mol. The molecule has 0 aliphatic heterocycles. The Morgan fingerprint density at radius 2 is 1.71 bits per heavy atom. The molecule has 152 valence electrons. The summed E-state index contributed by atoms with van der Waals surface area (Å²) in [6, 6.07) is 11.0. The van der Waals surface area contributed by atoms with Crippen LogP contribution >= 0.6 is 24.8 Å². The fourth-order valence-corrected chi connectivity index (χ4v) is 2.62. The Balaban J connectivity index is 0.00000196. The highest BCUT2D eigenvalue weighted by Crippen LogP contribution is 2.27. The molecule has 1 aromatic heterocycles. The van der Waals surface area contributed by atoms with Crippen molar-refractivity contribution in [2.24, 2.45) is 5.92 Å². The normalized spacial score (nSPS) is 12.3. The Hall–Kier alpha value is -2.15. The van der Waals surface area contributed by atoms with Gasteiger partial charge in [0.15, 0.2) is 0 Å². The van der Waals surface area contributed by atoms with Gasteiger partial charge in [0.25, 0.3) is 5.91 Å². The first-order valence-electron chi connectivity index (χ1n) is 8.88. The van der Waals surface area contributed by atoms with E-state index >= 15 is 0 Å². The monoisotopic (exact) mass is 424 g/mol. The average Bonchev–Trinajstić information content (AvgIpc) is 3.51. The molecular formula is C20H26Cl2N4O2. The van der Waals surface area contributed by atoms with Crippen LogP contribution in [0.15, 0.2) is 48.8 Å². The van der Waals surface area contributed by atoms with Gasteiger partial charge in [-0.2, -0.15) is 0 Å². The summed E-state index contributed by atoms with van der Waals surface area (Å²) in [6.07, 6.45) is 5.76. The van der Waals surface area contributed by atoms with Crippen LogP contribution in [0.2, 0.25) is 0 Å². The highest BCUT2D eigenvalue weighted by Gasteiger charge is 2.20. The molecule has 2 amide bonds. The van der Waals surface area contributed by atoms with E-state index in [1.807, 2.05) is 24.3 Å². The molecule has 1 aromatic carbocycles. The second kappa shape index (κ2) is 11.6. The van der Waals surface area contributed by atoms with Crippen LogP contribution in [0, 0.1) is 5.92 Å². The van der Waals surface area contributed by atoms with Gasteiger partial charge in [0.05, 0.1) is 6.54 Å². The highest BCUT2D eigenvalue weighted by molar-refractivity contribution is 6.05. The zero-order chi connectivity index (χ0) is 18.4. The molecule has 1 saturated carbocycles. The fraction of sp³-hybridized carbons (Fsp3) is 0.350. The van der Waals surface area contributed by atoms with Crippen molar-refractivity contribution in [3.05, 3.63) is 59.9 Å². The molecule has 0 spiro atoms. The molecule has 0 saturated heterocycles. The molecule has 0 bridgehead atoms. The van der Waals surface area contributed by atoms with Gasteiger partial charge in [0, 0.05) is 37.2 Å². The van der Waals surface area contributed by atoms with E-state index in [1.54, 1.807) is 36.5 Å². The molecule has 8 heteroatoms. The number of rotatable bonds is 8. The van der Waals surface area contributed by atoms with Crippen LogP contribution in [0.1, 0.15) is 28.8 Å². The summed E-state index contributed by atoms with van der Waals surface area (Å²) in [5.41, 5.74) is 2.39. The van der Waals surface area contributed by atoms with Crippen molar-refractivity contribution >= 4 is 42.3 Å².